The van der Waals surface area contributed by atoms with Gasteiger partial charge in [0, 0.05) is 6.42 Å². The largest absolute Gasteiger partial charge is 0.406 e. The first-order chi connectivity index (χ1) is 5.93. The van der Waals surface area contributed by atoms with Crippen LogP contribution in [0, 0.1) is 5.92 Å². The van der Waals surface area contributed by atoms with Gasteiger partial charge in [-0.2, -0.15) is 26.3 Å². The van der Waals surface area contributed by atoms with Gasteiger partial charge in [0.15, 0.2) is 0 Å². The zero-order chi connectivity index (χ0) is 11.8. The molecular formula is C6H6F8. The van der Waals surface area contributed by atoms with Gasteiger partial charge in [0.25, 0.3) is 5.92 Å². The van der Waals surface area contributed by atoms with Gasteiger partial charge in [-0.3, -0.25) is 0 Å². The second kappa shape index (κ2) is 3.54. The van der Waals surface area contributed by atoms with Crippen molar-refractivity contribution in [2.75, 3.05) is 0 Å². The number of halogens is 8. The molecule has 0 atom stereocenters. The van der Waals surface area contributed by atoms with Crippen LogP contribution in [0.1, 0.15) is 13.3 Å². The monoisotopic (exact) mass is 230 g/mol. The normalized spacial score (nSPS) is 15.0. The molecule has 0 heterocycles. The fourth-order valence-corrected chi connectivity index (χ4v) is 0.869. The molecular weight excluding hydrogens is 224 g/mol. The molecule has 0 aliphatic carbocycles. The van der Waals surface area contributed by atoms with E-state index in [0.29, 0.717) is 6.92 Å². The summed E-state index contributed by atoms with van der Waals surface area (Å²) in [6.45, 7) is 0.560. The average Bonchev–Trinajstić information content (AvgIpc) is 1.79. The maximum Gasteiger partial charge on any atom is 0.406 e. The van der Waals surface area contributed by atoms with Crippen LogP contribution in [0.15, 0.2) is 0 Å². The molecule has 0 saturated carbocycles. The minimum atomic E-state index is -5.99. The summed E-state index contributed by atoms with van der Waals surface area (Å²) < 4.78 is 94.9. The van der Waals surface area contributed by atoms with Gasteiger partial charge >= 0.3 is 12.4 Å². The lowest BCUT2D eigenvalue weighted by molar-refractivity contribution is -0.338. The molecule has 86 valence electrons. The van der Waals surface area contributed by atoms with Crippen molar-refractivity contribution >= 4 is 0 Å². The topological polar surface area (TPSA) is 0 Å². The molecule has 0 aromatic rings. The molecule has 0 aliphatic heterocycles. The Labute approximate surface area is 73.9 Å². The first-order valence-electron chi connectivity index (χ1n) is 3.44. The lowest BCUT2D eigenvalue weighted by Gasteiger charge is -2.29. The zero-order valence-corrected chi connectivity index (χ0v) is 6.81. The Bertz CT molecular complexity index is 173. The summed E-state index contributed by atoms with van der Waals surface area (Å²) in [5, 5.41) is 0. The summed E-state index contributed by atoms with van der Waals surface area (Å²) in [7, 11) is 0. The van der Waals surface area contributed by atoms with Crippen LogP contribution >= 0.6 is 0 Å². The van der Waals surface area contributed by atoms with Crippen molar-refractivity contribution < 1.29 is 35.1 Å². The third-order valence-electron chi connectivity index (χ3n) is 1.55. The number of alkyl halides is 8. The Kier molecular flexibility index (Phi) is 3.40. The van der Waals surface area contributed by atoms with Crippen molar-refractivity contribution in [1.82, 2.24) is 0 Å². The van der Waals surface area contributed by atoms with Gasteiger partial charge in [-0.1, -0.05) is 6.92 Å². The Balaban J connectivity index is 5.14. The van der Waals surface area contributed by atoms with E-state index in [1.165, 1.54) is 0 Å². The van der Waals surface area contributed by atoms with Crippen molar-refractivity contribution in [2.24, 2.45) is 5.92 Å². The highest BCUT2D eigenvalue weighted by Gasteiger charge is 2.67. The van der Waals surface area contributed by atoms with E-state index < -0.39 is 30.6 Å². The summed E-state index contributed by atoms with van der Waals surface area (Å²) in [6, 6.07) is 0. The van der Waals surface area contributed by atoms with Gasteiger partial charge in [-0.05, 0) is 0 Å². The maximum atomic E-state index is 12.4. The zero-order valence-electron chi connectivity index (χ0n) is 6.81. The fraction of sp³-hybridized carbons (Fsp3) is 1.00. The van der Waals surface area contributed by atoms with E-state index in [-0.39, 0.29) is 0 Å². The van der Waals surface area contributed by atoms with Crippen LogP contribution in [0.25, 0.3) is 0 Å². The molecule has 0 spiro atoms. The first-order valence-corrected chi connectivity index (χ1v) is 3.44. The highest BCUT2D eigenvalue weighted by molar-refractivity contribution is 4.87. The smallest absolute Gasteiger partial charge is 0.206 e. The summed E-state index contributed by atoms with van der Waals surface area (Å²) in [5.74, 6) is -9.41. The summed E-state index contributed by atoms with van der Waals surface area (Å²) in [5.41, 5.74) is 0. The van der Waals surface area contributed by atoms with Crippen LogP contribution in [0.2, 0.25) is 0 Å². The Morgan fingerprint density at radius 3 is 1.14 bits per heavy atom. The molecule has 0 aromatic carbocycles. The molecule has 0 bridgehead atoms. The molecule has 0 nitrogen and oxygen atoms in total. The molecule has 0 radical (unpaired) electrons. The predicted octanol–water partition coefficient (Wildman–Crippen LogP) is 3.77. The van der Waals surface area contributed by atoms with E-state index >= 15 is 0 Å². The highest BCUT2D eigenvalue weighted by Crippen LogP contribution is 2.49. The molecule has 0 fully saturated rings. The number of hydrogen-bond donors (Lipinski definition) is 0. The molecule has 0 aromatic heterocycles. The van der Waals surface area contributed by atoms with Crippen molar-refractivity contribution in [3.8, 4) is 0 Å². The van der Waals surface area contributed by atoms with Gasteiger partial charge in [-0.25, -0.2) is 8.78 Å². The second-order valence-electron chi connectivity index (χ2n) is 2.63. The van der Waals surface area contributed by atoms with Crippen molar-refractivity contribution in [3.05, 3.63) is 0 Å². The lowest BCUT2D eigenvalue weighted by atomic mass is 9.98. The Morgan fingerprint density at radius 1 is 0.786 bits per heavy atom. The standard InChI is InChI=1S/C6H6F8/c1-2-4(7,8)3(5(9,10)11)6(12,13)14/h3H,2H2,1H3. The molecule has 0 rings (SSSR count). The van der Waals surface area contributed by atoms with Crippen molar-refractivity contribution in [3.63, 3.8) is 0 Å². The molecule has 14 heavy (non-hydrogen) atoms. The van der Waals surface area contributed by atoms with E-state index in [9.17, 15) is 35.1 Å². The predicted molar refractivity (Wildman–Crippen MR) is 30.8 cm³/mol. The van der Waals surface area contributed by atoms with Crippen molar-refractivity contribution in [2.45, 2.75) is 31.6 Å². The minimum Gasteiger partial charge on any atom is -0.206 e. The SMILES string of the molecule is CCC(F)(F)C(C(F)(F)F)C(F)(F)F. The van der Waals surface area contributed by atoms with Crippen LogP contribution in [0.5, 0.6) is 0 Å². The maximum absolute atomic E-state index is 12.4. The molecule has 0 unspecified atom stereocenters. The third-order valence-corrected chi connectivity index (χ3v) is 1.55. The molecule has 0 amide bonds. The lowest BCUT2D eigenvalue weighted by Crippen LogP contribution is -2.48. The number of hydrogen-bond acceptors (Lipinski definition) is 0. The van der Waals surface area contributed by atoms with Gasteiger partial charge in [0.2, 0.25) is 5.92 Å². The average molecular weight is 230 g/mol. The minimum absolute atomic E-state index is 0.560. The first kappa shape index (κ1) is 13.4. The van der Waals surface area contributed by atoms with Crippen LogP contribution in [0.3, 0.4) is 0 Å². The van der Waals surface area contributed by atoms with Crippen LogP contribution in [-0.2, 0) is 0 Å². The van der Waals surface area contributed by atoms with Gasteiger partial charge in [0.1, 0.15) is 0 Å². The van der Waals surface area contributed by atoms with E-state index in [1.54, 1.807) is 0 Å². The summed E-state index contributed by atoms with van der Waals surface area (Å²) in [4.78, 5) is 0. The molecule has 8 heteroatoms. The van der Waals surface area contributed by atoms with Crippen molar-refractivity contribution in [1.29, 1.82) is 0 Å². The van der Waals surface area contributed by atoms with E-state index in [4.69, 9.17) is 0 Å². The fourth-order valence-electron chi connectivity index (χ4n) is 0.869. The molecule has 0 aliphatic rings. The van der Waals surface area contributed by atoms with Crippen LogP contribution < -0.4 is 0 Å². The van der Waals surface area contributed by atoms with Crippen LogP contribution in [0.4, 0.5) is 35.1 Å². The number of rotatable bonds is 2. The molecule has 0 saturated heterocycles. The van der Waals surface area contributed by atoms with Crippen LogP contribution in [-0.4, -0.2) is 18.3 Å². The van der Waals surface area contributed by atoms with E-state index in [2.05, 4.69) is 0 Å². The summed E-state index contributed by atoms with van der Waals surface area (Å²) >= 11 is 0. The van der Waals surface area contributed by atoms with Gasteiger partial charge in [0.05, 0.1) is 0 Å². The quantitative estimate of drug-likeness (QED) is 0.633. The van der Waals surface area contributed by atoms with E-state index in [0.717, 1.165) is 0 Å². The Hall–Kier alpha value is -0.560. The third kappa shape index (κ3) is 2.98. The second-order valence-corrected chi connectivity index (χ2v) is 2.63. The van der Waals surface area contributed by atoms with E-state index in [1.807, 2.05) is 0 Å². The van der Waals surface area contributed by atoms with Gasteiger partial charge in [-0.15, -0.1) is 0 Å². The highest BCUT2D eigenvalue weighted by atomic mass is 19.4. The molecule has 0 N–H and O–H groups in total. The van der Waals surface area contributed by atoms with Gasteiger partial charge < -0.3 is 0 Å². The summed E-state index contributed by atoms with van der Waals surface area (Å²) in [6.07, 6.45) is -13.5. The Morgan fingerprint density at radius 2 is 1.07 bits per heavy atom.